The summed E-state index contributed by atoms with van der Waals surface area (Å²) in [6, 6.07) is 4.12. The number of amides is 2. The van der Waals surface area contributed by atoms with E-state index in [1.165, 1.54) is 6.07 Å². The van der Waals surface area contributed by atoms with Gasteiger partial charge in [0.05, 0.1) is 11.3 Å². The minimum absolute atomic E-state index is 0.268. The molecule has 132 valence electrons. The summed E-state index contributed by atoms with van der Waals surface area (Å²) in [4.78, 5) is 24.6. The minimum Gasteiger partial charge on any atom is -0.390 e. The topological polar surface area (TPSA) is 81.7 Å². The van der Waals surface area contributed by atoms with E-state index in [1.54, 1.807) is 37.9 Å². The van der Waals surface area contributed by atoms with Crippen LogP contribution in [0.5, 0.6) is 0 Å². The first-order chi connectivity index (χ1) is 11.2. The molecule has 7 heteroatoms. The number of piperidine rings is 1. The molecule has 1 saturated heterocycles. The van der Waals surface area contributed by atoms with Crippen molar-refractivity contribution in [3.63, 3.8) is 0 Å². The van der Waals surface area contributed by atoms with E-state index in [4.69, 9.17) is 0 Å². The van der Waals surface area contributed by atoms with Gasteiger partial charge in [-0.15, -0.1) is 0 Å². The summed E-state index contributed by atoms with van der Waals surface area (Å²) in [5.74, 6) is -1.09. The lowest BCUT2D eigenvalue weighted by Crippen LogP contribution is -2.47. The number of imide groups is 1. The Morgan fingerprint density at radius 3 is 2.71 bits per heavy atom. The van der Waals surface area contributed by atoms with Gasteiger partial charge in [0, 0.05) is 25.7 Å². The van der Waals surface area contributed by atoms with Crippen molar-refractivity contribution >= 4 is 23.2 Å². The van der Waals surface area contributed by atoms with E-state index in [9.17, 15) is 19.1 Å². The molecule has 1 aliphatic rings. The first-order valence-corrected chi connectivity index (χ1v) is 7.99. The highest BCUT2D eigenvalue weighted by atomic mass is 19.1. The average molecular weight is 337 g/mol. The number of halogens is 1. The summed E-state index contributed by atoms with van der Waals surface area (Å²) in [5, 5.41) is 15.0. The monoisotopic (exact) mass is 337 g/mol. The SMILES string of the molecule is CN(CCC(C)(C)O)c1ccc(NC2CCC(=O)NC2=O)cc1F. The number of anilines is 2. The van der Waals surface area contributed by atoms with Gasteiger partial charge in [-0.25, -0.2) is 4.39 Å². The van der Waals surface area contributed by atoms with Crippen LogP contribution in [-0.4, -0.2) is 42.2 Å². The van der Waals surface area contributed by atoms with Gasteiger partial charge in [0.25, 0.3) is 0 Å². The maximum atomic E-state index is 14.3. The van der Waals surface area contributed by atoms with Crippen LogP contribution in [0.1, 0.15) is 33.1 Å². The van der Waals surface area contributed by atoms with Crippen molar-refractivity contribution in [1.82, 2.24) is 5.32 Å². The lowest BCUT2D eigenvalue weighted by Gasteiger charge is -2.26. The van der Waals surface area contributed by atoms with E-state index < -0.39 is 23.4 Å². The Hall–Kier alpha value is -2.15. The molecule has 2 rings (SSSR count). The van der Waals surface area contributed by atoms with Crippen molar-refractivity contribution in [1.29, 1.82) is 0 Å². The fraction of sp³-hybridized carbons (Fsp3) is 0.529. The lowest BCUT2D eigenvalue weighted by atomic mass is 10.1. The van der Waals surface area contributed by atoms with Crippen LogP contribution in [0.2, 0.25) is 0 Å². The van der Waals surface area contributed by atoms with E-state index >= 15 is 0 Å². The Morgan fingerprint density at radius 1 is 1.42 bits per heavy atom. The quantitative estimate of drug-likeness (QED) is 0.688. The van der Waals surface area contributed by atoms with Gasteiger partial charge in [0.2, 0.25) is 11.8 Å². The van der Waals surface area contributed by atoms with Crippen LogP contribution >= 0.6 is 0 Å². The molecular formula is C17H24FN3O3. The van der Waals surface area contributed by atoms with Crippen molar-refractivity contribution < 1.29 is 19.1 Å². The highest BCUT2D eigenvalue weighted by Crippen LogP contribution is 2.24. The van der Waals surface area contributed by atoms with Gasteiger partial charge in [0.15, 0.2) is 0 Å². The van der Waals surface area contributed by atoms with Crippen molar-refractivity contribution in [2.24, 2.45) is 0 Å². The van der Waals surface area contributed by atoms with Gasteiger partial charge < -0.3 is 15.3 Å². The third-order valence-corrected chi connectivity index (χ3v) is 4.00. The standard InChI is InChI=1S/C17H24FN3O3/c1-17(2,24)8-9-21(3)14-6-4-11(10-12(14)18)19-13-5-7-15(22)20-16(13)23/h4,6,10,13,19,24H,5,7-9H2,1-3H3,(H,20,22,23). The van der Waals surface area contributed by atoms with Gasteiger partial charge in [-0.2, -0.15) is 0 Å². The number of nitrogens with one attached hydrogen (secondary N) is 2. The minimum atomic E-state index is -0.808. The molecule has 0 spiro atoms. The smallest absolute Gasteiger partial charge is 0.249 e. The largest absolute Gasteiger partial charge is 0.390 e. The predicted octanol–water partition coefficient (Wildman–Crippen LogP) is 1.64. The molecule has 24 heavy (non-hydrogen) atoms. The average Bonchev–Trinajstić information content (AvgIpc) is 2.47. The van der Waals surface area contributed by atoms with E-state index in [0.29, 0.717) is 30.8 Å². The maximum Gasteiger partial charge on any atom is 0.249 e. The summed E-state index contributed by atoms with van der Waals surface area (Å²) in [6.07, 6.45) is 1.17. The second-order valence-corrected chi connectivity index (χ2v) is 6.80. The molecule has 0 bridgehead atoms. The third kappa shape index (κ3) is 4.92. The molecule has 1 atom stereocenters. The fourth-order valence-electron chi connectivity index (χ4n) is 2.50. The van der Waals surface area contributed by atoms with Gasteiger partial charge in [-0.3, -0.25) is 14.9 Å². The number of hydrogen-bond donors (Lipinski definition) is 3. The van der Waals surface area contributed by atoms with Gasteiger partial charge in [0.1, 0.15) is 11.9 Å². The van der Waals surface area contributed by atoms with Crippen molar-refractivity contribution in [2.75, 3.05) is 23.8 Å². The Morgan fingerprint density at radius 2 is 2.12 bits per heavy atom. The van der Waals surface area contributed by atoms with Crippen LogP contribution in [0.15, 0.2) is 18.2 Å². The van der Waals surface area contributed by atoms with Crippen molar-refractivity contribution in [2.45, 2.75) is 44.8 Å². The number of carbonyl (C=O) groups excluding carboxylic acids is 2. The molecule has 1 unspecified atom stereocenters. The van der Waals surface area contributed by atoms with Crippen molar-refractivity contribution in [3.8, 4) is 0 Å². The number of rotatable bonds is 6. The molecular weight excluding hydrogens is 313 g/mol. The van der Waals surface area contributed by atoms with E-state index in [0.717, 1.165) is 0 Å². The molecule has 0 radical (unpaired) electrons. The zero-order chi connectivity index (χ0) is 17.9. The number of nitrogens with zero attached hydrogens (tertiary/aromatic N) is 1. The summed E-state index contributed by atoms with van der Waals surface area (Å²) in [5.41, 5.74) is 0.104. The molecule has 3 N–H and O–H groups in total. The van der Waals surface area contributed by atoms with Crippen LogP contribution in [0.3, 0.4) is 0 Å². The number of hydrogen-bond acceptors (Lipinski definition) is 5. The molecule has 6 nitrogen and oxygen atoms in total. The number of carbonyl (C=O) groups is 2. The normalized spacial score (nSPS) is 18.3. The highest BCUT2D eigenvalue weighted by Gasteiger charge is 2.26. The van der Waals surface area contributed by atoms with Crippen LogP contribution < -0.4 is 15.5 Å². The second kappa shape index (κ2) is 7.17. The van der Waals surface area contributed by atoms with E-state index in [2.05, 4.69) is 10.6 Å². The van der Waals surface area contributed by atoms with Gasteiger partial charge in [-0.05, 0) is 44.9 Å². The van der Waals surface area contributed by atoms with Crippen LogP contribution in [-0.2, 0) is 9.59 Å². The first-order valence-electron chi connectivity index (χ1n) is 7.99. The molecule has 0 aromatic heterocycles. The highest BCUT2D eigenvalue weighted by molar-refractivity contribution is 6.01. The molecule has 1 aromatic rings. The van der Waals surface area contributed by atoms with Gasteiger partial charge in [-0.1, -0.05) is 0 Å². The van der Waals surface area contributed by atoms with Crippen molar-refractivity contribution in [3.05, 3.63) is 24.0 Å². The predicted molar refractivity (Wildman–Crippen MR) is 90.4 cm³/mol. The lowest BCUT2D eigenvalue weighted by molar-refractivity contribution is -0.133. The molecule has 1 aromatic carbocycles. The fourth-order valence-corrected chi connectivity index (χ4v) is 2.50. The van der Waals surface area contributed by atoms with Gasteiger partial charge >= 0.3 is 0 Å². The molecule has 0 aliphatic carbocycles. The Labute approximate surface area is 141 Å². The van der Waals surface area contributed by atoms with E-state index in [-0.39, 0.29) is 12.3 Å². The molecule has 0 saturated carbocycles. The second-order valence-electron chi connectivity index (χ2n) is 6.80. The van der Waals surface area contributed by atoms with E-state index in [1.807, 2.05) is 0 Å². The molecule has 1 fully saturated rings. The molecule has 1 aliphatic heterocycles. The number of aliphatic hydroxyl groups is 1. The summed E-state index contributed by atoms with van der Waals surface area (Å²) < 4.78 is 14.3. The maximum absolute atomic E-state index is 14.3. The van der Waals surface area contributed by atoms with Crippen LogP contribution in [0, 0.1) is 5.82 Å². The summed E-state index contributed by atoms with van der Waals surface area (Å²) in [7, 11) is 1.76. The molecule has 1 heterocycles. The Bertz CT molecular complexity index is 628. The zero-order valence-corrected chi connectivity index (χ0v) is 14.2. The van der Waals surface area contributed by atoms with Crippen LogP contribution in [0.25, 0.3) is 0 Å². The number of benzene rings is 1. The zero-order valence-electron chi connectivity index (χ0n) is 14.2. The Balaban J connectivity index is 2.01. The summed E-state index contributed by atoms with van der Waals surface area (Å²) >= 11 is 0. The first kappa shape index (κ1) is 18.2. The summed E-state index contributed by atoms with van der Waals surface area (Å²) in [6.45, 7) is 3.94. The third-order valence-electron chi connectivity index (χ3n) is 4.00. The van der Waals surface area contributed by atoms with Crippen LogP contribution in [0.4, 0.5) is 15.8 Å². The Kier molecular flexibility index (Phi) is 5.43. The molecule has 2 amide bonds.